The van der Waals surface area contributed by atoms with Crippen LogP contribution in [0.2, 0.25) is 0 Å². The van der Waals surface area contributed by atoms with Gasteiger partial charge in [0, 0.05) is 0 Å². The Morgan fingerprint density at radius 3 is 2.47 bits per heavy atom. The molecule has 1 aromatic carbocycles. The van der Waals surface area contributed by atoms with Crippen LogP contribution in [0.25, 0.3) is 0 Å². The Kier molecular flexibility index (Phi) is 5.75. The lowest BCUT2D eigenvalue weighted by Gasteiger charge is -2.18. The predicted molar refractivity (Wildman–Crippen MR) is 70.0 cm³/mol. The fraction of sp³-hybridized carbons (Fsp3) is 0.533. The van der Waals surface area contributed by atoms with Gasteiger partial charge in [-0.3, -0.25) is 4.79 Å². The van der Waals surface area contributed by atoms with Crippen LogP contribution in [0.5, 0.6) is 0 Å². The Hall–Kier alpha value is -1.31. The average Bonchev–Trinajstić information content (AvgIpc) is 2.30. The van der Waals surface area contributed by atoms with Gasteiger partial charge < -0.3 is 5.11 Å². The number of carboxylic acid groups (broad SMARTS) is 1. The Morgan fingerprint density at radius 1 is 1.29 bits per heavy atom. The summed E-state index contributed by atoms with van der Waals surface area (Å²) in [5, 5.41) is 9.06. The maximum Gasteiger partial charge on any atom is 0.306 e. The van der Waals surface area contributed by atoms with E-state index in [2.05, 4.69) is 12.1 Å². The van der Waals surface area contributed by atoms with Crippen molar-refractivity contribution in [2.75, 3.05) is 0 Å². The molecule has 0 amide bonds. The van der Waals surface area contributed by atoms with Crippen LogP contribution in [0.3, 0.4) is 0 Å². The number of carboxylic acids is 1. The third kappa shape index (κ3) is 4.59. The molecule has 0 aromatic heterocycles. The van der Waals surface area contributed by atoms with Crippen molar-refractivity contribution in [3.63, 3.8) is 0 Å². The summed E-state index contributed by atoms with van der Waals surface area (Å²) in [5.74, 6) is -0.577. The maximum absolute atomic E-state index is 11.0. The molecule has 1 aromatic rings. The van der Waals surface area contributed by atoms with Gasteiger partial charge in [0.15, 0.2) is 0 Å². The lowest BCUT2D eigenvalue weighted by atomic mass is 9.87. The first-order valence-corrected chi connectivity index (χ1v) is 6.41. The van der Waals surface area contributed by atoms with Crippen LogP contribution in [0, 0.1) is 11.8 Å². The van der Waals surface area contributed by atoms with Crippen LogP contribution in [0.4, 0.5) is 0 Å². The second-order valence-electron chi connectivity index (χ2n) is 4.71. The summed E-state index contributed by atoms with van der Waals surface area (Å²) in [5.41, 5.74) is 1.34. The van der Waals surface area contributed by atoms with Gasteiger partial charge >= 0.3 is 5.97 Å². The smallest absolute Gasteiger partial charge is 0.306 e. The number of carbonyl (C=O) groups is 1. The SMILES string of the molecule is CCC(C(=O)O)C(C)CCCc1ccccc1. The molecular weight excluding hydrogens is 212 g/mol. The molecule has 1 N–H and O–H groups in total. The molecule has 0 aliphatic heterocycles. The standard InChI is InChI=1S/C15H22O2/c1-3-14(15(16)17)12(2)8-7-11-13-9-5-4-6-10-13/h4-6,9-10,12,14H,3,7-8,11H2,1-2H3,(H,16,17). The summed E-state index contributed by atoms with van der Waals surface area (Å²) >= 11 is 0. The summed E-state index contributed by atoms with van der Waals surface area (Å²) in [4.78, 5) is 11.0. The van der Waals surface area contributed by atoms with E-state index < -0.39 is 5.97 Å². The highest BCUT2D eigenvalue weighted by Gasteiger charge is 2.21. The highest BCUT2D eigenvalue weighted by molar-refractivity contribution is 5.70. The number of hydrogen-bond acceptors (Lipinski definition) is 1. The first-order valence-electron chi connectivity index (χ1n) is 6.41. The maximum atomic E-state index is 11.0. The van der Waals surface area contributed by atoms with E-state index in [1.807, 2.05) is 32.0 Å². The minimum Gasteiger partial charge on any atom is -0.481 e. The van der Waals surface area contributed by atoms with Crippen molar-refractivity contribution in [3.8, 4) is 0 Å². The Labute approximate surface area is 104 Å². The van der Waals surface area contributed by atoms with Crippen molar-refractivity contribution in [3.05, 3.63) is 35.9 Å². The molecular formula is C15H22O2. The molecule has 0 radical (unpaired) electrons. The van der Waals surface area contributed by atoms with Gasteiger partial charge in [-0.05, 0) is 37.2 Å². The van der Waals surface area contributed by atoms with Gasteiger partial charge in [0.1, 0.15) is 0 Å². The number of hydrogen-bond donors (Lipinski definition) is 1. The third-order valence-corrected chi connectivity index (χ3v) is 3.41. The molecule has 2 heteroatoms. The molecule has 2 nitrogen and oxygen atoms in total. The molecule has 0 heterocycles. The zero-order chi connectivity index (χ0) is 12.7. The van der Waals surface area contributed by atoms with Crippen molar-refractivity contribution in [2.45, 2.75) is 39.5 Å². The van der Waals surface area contributed by atoms with E-state index in [9.17, 15) is 4.79 Å². The topological polar surface area (TPSA) is 37.3 Å². The third-order valence-electron chi connectivity index (χ3n) is 3.41. The quantitative estimate of drug-likeness (QED) is 0.780. The summed E-state index contributed by atoms with van der Waals surface area (Å²) in [6.45, 7) is 4.00. The molecule has 2 atom stereocenters. The average molecular weight is 234 g/mol. The Bertz CT molecular complexity index is 332. The molecule has 0 fully saturated rings. The molecule has 0 aliphatic carbocycles. The summed E-state index contributed by atoms with van der Waals surface area (Å²) < 4.78 is 0. The molecule has 0 aliphatic rings. The van der Waals surface area contributed by atoms with Crippen LogP contribution in [0.1, 0.15) is 38.7 Å². The van der Waals surface area contributed by atoms with Gasteiger partial charge in [-0.15, -0.1) is 0 Å². The predicted octanol–water partition coefficient (Wildman–Crippen LogP) is 3.76. The molecule has 0 spiro atoms. The monoisotopic (exact) mass is 234 g/mol. The summed E-state index contributed by atoms with van der Waals surface area (Å²) in [6.07, 6.45) is 3.82. The molecule has 17 heavy (non-hydrogen) atoms. The van der Waals surface area contributed by atoms with E-state index in [4.69, 9.17) is 5.11 Å². The van der Waals surface area contributed by atoms with Gasteiger partial charge in [-0.25, -0.2) is 0 Å². The van der Waals surface area contributed by atoms with Crippen LogP contribution in [-0.4, -0.2) is 11.1 Å². The molecule has 1 rings (SSSR count). The zero-order valence-electron chi connectivity index (χ0n) is 10.7. The first-order chi connectivity index (χ1) is 8.15. The minimum absolute atomic E-state index is 0.189. The van der Waals surface area contributed by atoms with Crippen LogP contribution < -0.4 is 0 Å². The van der Waals surface area contributed by atoms with Crippen LogP contribution in [0.15, 0.2) is 30.3 Å². The van der Waals surface area contributed by atoms with E-state index in [0.29, 0.717) is 0 Å². The second-order valence-corrected chi connectivity index (χ2v) is 4.71. The lowest BCUT2D eigenvalue weighted by molar-refractivity contribution is -0.143. The largest absolute Gasteiger partial charge is 0.481 e. The van der Waals surface area contributed by atoms with Crippen molar-refractivity contribution >= 4 is 5.97 Å². The number of rotatable bonds is 7. The van der Waals surface area contributed by atoms with Crippen molar-refractivity contribution in [2.24, 2.45) is 11.8 Å². The van der Waals surface area contributed by atoms with Crippen molar-refractivity contribution in [1.29, 1.82) is 0 Å². The minimum atomic E-state index is -0.653. The van der Waals surface area contributed by atoms with Gasteiger partial charge in [-0.1, -0.05) is 44.2 Å². The van der Waals surface area contributed by atoms with E-state index in [-0.39, 0.29) is 11.8 Å². The van der Waals surface area contributed by atoms with Gasteiger partial charge in [-0.2, -0.15) is 0 Å². The lowest BCUT2D eigenvalue weighted by Crippen LogP contribution is -2.20. The number of aryl methyl sites for hydroxylation is 1. The van der Waals surface area contributed by atoms with Crippen molar-refractivity contribution in [1.82, 2.24) is 0 Å². The summed E-state index contributed by atoms with van der Waals surface area (Å²) in [7, 11) is 0. The Balaban J connectivity index is 2.33. The number of benzene rings is 1. The van der Waals surface area contributed by atoms with Crippen LogP contribution in [-0.2, 0) is 11.2 Å². The van der Waals surface area contributed by atoms with Gasteiger partial charge in [0.25, 0.3) is 0 Å². The van der Waals surface area contributed by atoms with Gasteiger partial charge in [0.05, 0.1) is 5.92 Å². The van der Waals surface area contributed by atoms with E-state index in [1.54, 1.807) is 0 Å². The fourth-order valence-electron chi connectivity index (χ4n) is 2.29. The molecule has 0 bridgehead atoms. The second kappa shape index (κ2) is 7.10. The molecule has 0 saturated carbocycles. The summed E-state index contributed by atoms with van der Waals surface area (Å²) in [6, 6.07) is 10.4. The highest BCUT2D eigenvalue weighted by Crippen LogP contribution is 2.21. The zero-order valence-corrected chi connectivity index (χ0v) is 10.7. The van der Waals surface area contributed by atoms with E-state index >= 15 is 0 Å². The highest BCUT2D eigenvalue weighted by atomic mass is 16.4. The van der Waals surface area contributed by atoms with Crippen molar-refractivity contribution < 1.29 is 9.90 Å². The van der Waals surface area contributed by atoms with E-state index in [1.165, 1.54) is 5.56 Å². The molecule has 94 valence electrons. The normalized spacial score (nSPS) is 14.2. The van der Waals surface area contributed by atoms with Crippen LogP contribution >= 0.6 is 0 Å². The fourth-order valence-corrected chi connectivity index (χ4v) is 2.29. The van der Waals surface area contributed by atoms with E-state index in [0.717, 1.165) is 25.7 Å². The Morgan fingerprint density at radius 2 is 1.94 bits per heavy atom. The molecule has 0 saturated heterocycles. The first kappa shape index (κ1) is 13.8. The molecule has 2 unspecified atom stereocenters. The number of aliphatic carboxylic acids is 1. The van der Waals surface area contributed by atoms with Gasteiger partial charge in [0.2, 0.25) is 0 Å².